The van der Waals surface area contributed by atoms with Gasteiger partial charge in [0.25, 0.3) is 0 Å². The number of hydrogen-bond donors (Lipinski definition) is 2. The average molecular weight is 396 g/mol. The Labute approximate surface area is 166 Å². The van der Waals surface area contributed by atoms with Gasteiger partial charge in [0.05, 0.1) is 11.1 Å². The highest BCUT2D eigenvalue weighted by atomic mass is 35.5. The molecule has 1 heterocycles. The quantitative estimate of drug-likeness (QED) is 0.783. The molecule has 0 saturated heterocycles. The van der Waals surface area contributed by atoms with Crippen molar-refractivity contribution in [2.45, 2.75) is 77.7 Å². The summed E-state index contributed by atoms with van der Waals surface area (Å²) in [5.74, 6) is 0.976. The fraction of sp³-hybridized carbons (Fsp3) is 0.800. The first-order valence-corrected chi connectivity index (χ1v) is 10.6. The molecular formula is C20H30ClN3OS. The Bertz CT molecular complexity index is 729. The van der Waals surface area contributed by atoms with Crippen LogP contribution in [0.1, 0.15) is 69.4 Å². The summed E-state index contributed by atoms with van der Waals surface area (Å²) in [5.41, 5.74) is 7.80. The number of aromatic nitrogens is 1. The summed E-state index contributed by atoms with van der Waals surface area (Å²) in [6.45, 7) is 4.84. The summed E-state index contributed by atoms with van der Waals surface area (Å²) in [6, 6.07) is 0.250. The molecule has 1 aromatic heterocycles. The second-order valence-corrected chi connectivity index (χ2v) is 11.3. The average Bonchev–Trinajstić information content (AvgIpc) is 2.84. The molecule has 6 rings (SSSR count). The molecule has 3 N–H and O–H groups in total. The minimum Gasteiger partial charge on any atom is -0.327 e. The molecule has 5 aliphatic rings. The highest BCUT2D eigenvalue weighted by molar-refractivity contribution is 7.15. The van der Waals surface area contributed by atoms with Crippen LogP contribution in [0.3, 0.4) is 0 Å². The molecule has 4 bridgehead atoms. The highest BCUT2D eigenvalue weighted by Crippen LogP contribution is 2.69. The number of amides is 1. The normalized spacial score (nSPS) is 42.9. The van der Waals surface area contributed by atoms with Crippen LogP contribution in [0.15, 0.2) is 0 Å². The van der Waals surface area contributed by atoms with Crippen LogP contribution in [0.2, 0.25) is 0 Å². The largest absolute Gasteiger partial charge is 0.327 e. The van der Waals surface area contributed by atoms with Crippen molar-refractivity contribution in [3.05, 3.63) is 10.6 Å². The van der Waals surface area contributed by atoms with E-state index in [-0.39, 0.29) is 29.8 Å². The third-order valence-electron chi connectivity index (χ3n) is 7.31. The number of halogens is 1. The van der Waals surface area contributed by atoms with Crippen LogP contribution in [0.4, 0.5) is 5.13 Å². The molecule has 3 atom stereocenters. The summed E-state index contributed by atoms with van der Waals surface area (Å²) < 4.78 is 0. The lowest BCUT2D eigenvalue weighted by Gasteiger charge is -2.64. The number of carbonyl (C=O) groups excluding carboxylic acids is 1. The van der Waals surface area contributed by atoms with Crippen LogP contribution in [-0.2, 0) is 17.6 Å². The molecule has 6 heteroatoms. The highest BCUT2D eigenvalue weighted by Gasteiger charge is 2.62. The Morgan fingerprint density at radius 2 is 1.88 bits per heavy atom. The SMILES string of the molecule is CC12CC3CC(C)(C1)CC(C(=O)Nc1nc4c(s1)C[C@@H](N)CC4)(C3)C2.Cl. The minimum atomic E-state index is -0.161. The van der Waals surface area contributed by atoms with E-state index in [4.69, 9.17) is 10.7 Å². The van der Waals surface area contributed by atoms with E-state index in [0.717, 1.165) is 55.3 Å². The van der Waals surface area contributed by atoms with Crippen molar-refractivity contribution in [1.29, 1.82) is 0 Å². The smallest absolute Gasteiger partial charge is 0.232 e. The van der Waals surface area contributed by atoms with Gasteiger partial charge in [-0.25, -0.2) is 4.98 Å². The molecule has 1 amide bonds. The zero-order valence-corrected chi connectivity index (χ0v) is 17.4. The number of anilines is 1. The van der Waals surface area contributed by atoms with Gasteiger partial charge < -0.3 is 11.1 Å². The van der Waals surface area contributed by atoms with Crippen LogP contribution in [0, 0.1) is 22.2 Å². The van der Waals surface area contributed by atoms with E-state index in [1.807, 2.05) is 0 Å². The molecule has 4 saturated carbocycles. The fourth-order valence-corrected chi connectivity index (χ4v) is 8.48. The summed E-state index contributed by atoms with van der Waals surface area (Å²) in [4.78, 5) is 19.4. The van der Waals surface area contributed by atoms with Gasteiger partial charge in [-0.1, -0.05) is 13.8 Å². The number of nitrogens with zero attached hydrogens (tertiary/aromatic N) is 1. The van der Waals surface area contributed by atoms with Crippen molar-refractivity contribution in [2.24, 2.45) is 27.9 Å². The Kier molecular flexibility index (Phi) is 4.26. The summed E-state index contributed by atoms with van der Waals surface area (Å²) in [6.07, 6.45) is 10.0. The zero-order chi connectivity index (χ0) is 17.4. The predicted molar refractivity (Wildman–Crippen MR) is 108 cm³/mol. The molecule has 0 radical (unpaired) electrons. The zero-order valence-electron chi connectivity index (χ0n) is 15.8. The first kappa shape index (κ1) is 18.7. The molecule has 26 heavy (non-hydrogen) atoms. The van der Waals surface area contributed by atoms with Crippen LogP contribution in [0.5, 0.6) is 0 Å². The third-order valence-corrected chi connectivity index (χ3v) is 8.34. The first-order chi connectivity index (χ1) is 11.8. The molecule has 144 valence electrons. The van der Waals surface area contributed by atoms with Gasteiger partial charge in [0.2, 0.25) is 5.91 Å². The maximum Gasteiger partial charge on any atom is 0.232 e. The number of thiazole rings is 1. The maximum absolute atomic E-state index is 13.4. The van der Waals surface area contributed by atoms with E-state index in [1.165, 1.54) is 24.1 Å². The van der Waals surface area contributed by atoms with E-state index in [9.17, 15) is 4.79 Å². The number of aryl methyl sites for hydroxylation is 1. The van der Waals surface area contributed by atoms with Gasteiger partial charge in [-0.3, -0.25) is 4.79 Å². The van der Waals surface area contributed by atoms with Gasteiger partial charge in [0, 0.05) is 10.9 Å². The molecule has 5 aliphatic carbocycles. The summed E-state index contributed by atoms with van der Waals surface area (Å²) >= 11 is 1.65. The van der Waals surface area contributed by atoms with Crippen LogP contribution >= 0.6 is 23.7 Å². The lowest BCUT2D eigenvalue weighted by atomic mass is 9.40. The molecule has 1 aromatic rings. The number of fused-ring (bicyclic) bond motifs is 1. The van der Waals surface area contributed by atoms with Crippen molar-refractivity contribution in [3.8, 4) is 0 Å². The van der Waals surface area contributed by atoms with Crippen LogP contribution < -0.4 is 11.1 Å². The first-order valence-electron chi connectivity index (χ1n) is 9.82. The molecule has 4 nitrogen and oxygen atoms in total. The third kappa shape index (κ3) is 2.91. The van der Waals surface area contributed by atoms with Crippen molar-refractivity contribution in [3.63, 3.8) is 0 Å². The molecule has 2 unspecified atom stereocenters. The summed E-state index contributed by atoms with van der Waals surface area (Å²) in [5, 5.41) is 4.03. The Morgan fingerprint density at radius 3 is 2.54 bits per heavy atom. The number of hydrogen-bond acceptors (Lipinski definition) is 4. The van der Waals surface area contributed by atoms with E-state index in [1.54, 1.807) is 11.3 Å². The van der Waals surface area contributed by atoms with Crippen molar-refractivity contribution < 1.29 is 4.79 Å². The Morgan fingerprint density at radius 1 is 1.19 bits per heavy atom. The molecule has 0 aromatic carbocycles. The standard InChI is InChI=1S/C20H29N3OS.ClH/c1-18-6-12-7-19(2,9-18)11-20(8-12,10-18)16(24)23-17-22-14-4-3-13(21)5-15(14)25-17;/h12-13H,3-11,21H2,1-2H3,(H,22,23,24);1H/t12?,13-,18?,19?,20?;/m0./s1. The van der Waals surface area contributed by atoms with E-state index >= 15 is 0 Å². The lowest BCUT2D eigenvalue weighted by Crippen LogP contribution is -2.58. The lowest BCUT2D eigenvalue weighted by molar-refractivity contribution is -0.165. The topological polar surface area (TPSA) is 68.0 Å². The monoisotopic (exact) mass is 395 g/mol. The maximum atomic E-state index is 13.4. The van der Waals surface area contributed by atoms with Crippen LogP contribution in [0.25, 0.3) is 0 Å². The summed E-state index contributed by atoms with van der Waals surface area (Å²) in [7, 11) is 0. The van der Waals surface area contributed by atoms with Crippen molar-refractivity contribution in [2.75, 3.05) is 5.32 Å². The molecular weight excluding hydrogens is 366 g/mol. The Balaban J connectivity index is 0.00000168. The Hall–Kier alpha value is -0.650. The molecule has 0 spiro atoms. The minimum absolute atomic E-state index is 0. The van der Waals surface area contributed by atoms with E-state index < -0.39 is 0 Å². The number of nitrogens with one attached hydrogen (secondary N) is 1. The number of rotatable bonds is 2. The van der Waals surface area contributed by atoms with Gasteiger partial charge in [0.15, 0.2) is 5.13 Å². The van der Waals surface area contributed by atoms with Gasteiger partial charge in [-0.15, -0.1) is 23.7 Å². The van der Waals surface area contributed by atoms with Gasteiger partial charge in [0.1, 0.15) is 0 Å². The van der Waals surface area contributed by atoms with Crippen molar-refractivity contribution >= 4 is 34.8 Å². The van der Waals surface area contributed by atoms with E-state index in [2.05, 4.69) is 19.2 Å². The van der Waals surface area contributed by atoms with Crippen LogP contribution in [-0.4, -0.2) is 16.9 Å². The molecule has 0 aliphatic heterocycles. The second kappa shape index (κ2) is 5.92. The van der Waals surface area contributed by atoms with Gasteiger partial charge in [-0.2, -0.15) is 0 Å². The van der Waals surface area contributed by atoms with Gasteiger partial charge >= 0.3 is 0 Å². The predicted octanol–water partition coefficient (Wildman–Crippen LogP) is 4.32. The fourth-order valence-electron chi connectivity index (χ4n) is 7.38. The van der Waals surface area contributed by atoms with Gasteiger partial charge in [-0.05, 0) is 74.5 Å². The second-order valence-electron chi connectivity index (χ2n) is 10.3. The number of nitrogens with two attached hydrogens (primary N) is 1. The van der Waals surface area contributed by atoms with Crippen molar-refractivity contribution in [1.82, 2.24) is 4.98 Å². The van der Waals surface area contributed by atoms with E-state index in [0.29, 0.717) is 10.8 Å². The number of carbonyl (C=O) groups is 1. The molecule has 4 fully saturated rings.